The average Bonchev–Trinajstić information content (AvgIpc) is 2.45. The molecule has 0 aliphatic rings. The predicted molar refractivity (Wildman–Crippen MR) is 97.0 cm³/mol. The second-order valence-electron chi connectivity index (χ2n) is 4.93. The Balaban J connectivity index is 2.48. The average molecular weight is 469 g/mol. The van der Waals surface area contributed by atoms with Crippen LogP contribution in [0.1, 0.15) is 19.9 Å². The fraction of sp³-hybridized carbons (Fsp3) is 0.214. The molecule has 0 amide bonds. The maximum Gasteiger partial charge on any atom is 0.272 e. The van der Waals surface area contributed by atoms with Crippen molar-refractivity contribution in [1.29, 1.82) is 0 Å². The molecule has 0 bridgehead atoms. The van der Waals surface area contributed by atoms with E-state index in [1.807, 2.05) is 36.4 Å². The van der Waals surface area contributed by atoms with Crippen LogP contribution in [0.25, 0.3) is 0 Å². The highest BCUT2D eigenvalue weighted by Gasteiger charge is 2.17. The second-order valence-corrected chi connectivity index (χ2v) is 6.90. The number of non-ortho nitro benzene ring substituents is 1. The minimum absolute atomic E-state index is 0.0153. The molecule has 1 aromatic heterocycles. The highest BCUT2D eigenvalue weighted by molar-refractivity contribution is 14.1. The van der Waals surface area contributed by atoms with E-state index in [9.17, 15) is 14.9 Å². The first kappa shape index (κ1) is 18.0. The van der Waals surface area contributed by atoms with Gasteiger partial charge in [0, 0.05) is 24.2 Å². The Kier molecular flexibility index (Phi) is 5.53. The number of halogens is 3. The first-order chi connectivity index (χ1) is 10.7. The maximum absolute atomic E-state index is 12.0. The van der Waals surface area contributed by atoms with Crippen LogP contribution in [0.2, 0.25) is 10.0 Å². The minimum Gasteiger partial charge on any atom is -0.453 e. The first-order valence-electron chi connectivity index (χ1n) is 6.43. The molecular formula is C14H11Cl2IN2O4. The van der Waals surface area contributed by atoms with Crippen molar-refractivity contribution in [3.63, 3.8) is 0 Å². The molecule has 0 atom stereocenters. The Morgan fingerprint density at radius 1 is 1.26 bits per heavy atom. The lowest BCUT2D eigenvalue weighted by molar-refractivity contribution is -0.384. The zero-order valence-electron chi connectivity index (χ0n) is 12.0. The van der Waals surface area contributed by atoms with Gasteiger partial charge in [0.25, 0.3) is 11.2 Å². The Morgan fingerprint density at radius 3 is 2.30 bits per heavy atom. The van der Waals surface area contributed by atoms with E-state index in [0.29, 0.717) is 9.32 Å². The van der Waals surface area contributed by atoms with Crippen LogP contribution in [0, 0.1) is 13.7 Å². The number of rotatable bonds is 4. The summed E-state index contributed by atoms with van der Waals surface area (Å²) < 4.78 is 7.64. The van der Waals surface area contributed by atoms with Crippen molar-refractivity contribution < 1.29 is 9.66 Å². The summed E-state index contributed by atoms with van der Waals surface area (Å²) in [6.45, 7) is 3.74. The molecule has 0 aliphatic carbocycles. The number of benzene rings is 1. The van der Waals surface area contributed by atoms with Gasteiger partial charge in [-0.1, -0.05) is 23.2 Å². The monoisotopic (exact) mass is 468 g/mol. The van der Waals surface area contributed by atoms with Gasteiger partial charge in [0.2, 0.25) is 0 Å². The van der Waals surface area contributed by atoms with Gasteiger partial charge < -0.3 is 9.30 Å². The van der Waals surface area contributed by atoms with Gasteiger partial charge in [-0.3, -0.25) is 14.9 Å². The third-order valence-corrected chi connectivity index (χ3v) is 4.28. The van der Waals surface area contributed by atoms with Crippen molar-refractivity contribution in [2.45, 2.75) is 19.9 Å². The number of ether oxygens (including phenoxy) is 1. The predicted octanol–water partition coefficient (Wildman–Crippen LogP) is 5.04. The Labute approximate surface area is 155 Å². The van der Waals surface area contributed by atoms with E-state index in [1.54, 1.807) is 12.3 Å². The topological polar surface area (TPSA) is 74.4 Å². The SMILES string of the molecule is CC(C)n1cc(Oc2c(Cl)cc([N+](=O)[O-])cc2Cl)cc(I)c1=O. The van der Waals surface area contributed by atoms with Gasteiger partial charge in [-0.25, -0.2) is 0 Å². The van der Waals surface area contributed by atoms with Gasteiger partial charge in [0.1, 0.15) is 5.75 Å². The molecule has 6 nitrogen and oxygen atoms in total. The van der Waals surface area contributed by atoms with Crippen LogP contribution in [0.4, 0.5) is 5.69 Å². The van der Waals surface area contributed by atoms with E-state index in [2.05, 4.69) is 0 Å². The van der Waals surface area contributed by atoms with Crippen molar-refractivity contribution in [2.75, 3.05) is 0 Å². The molecule has 0 aliphatic heterocycles. The first-order valence-corrected chi connectivity index (χ1v) is 8.27. The van der Waals surface area contributed by atoms with Crippen molar-refractivity contribution in [2.24, 2.45) is 0 Å². The molecule has 1 heterocycles. The van der Waals surface area contributed by atoms with E-state index in [4.69, 9.17) is 27.9 Å². The largest absolute Gasteiger partial charge is 0.453 e. The third kappa shape index (κ3) is 3.96. The van der Waals surface area contributed by atoms with Crippen LogP contribution in [0.3, 0.4) is 0 Å². The summed E-state index contributed by atoms with van der Waals surface area (Å²) in [6, 6.07) is 3.82. The molecule has 0 saturated heterocycles. The van der Waals surface area contributed by atoms with Gasteiger partial charge in [0.05, 0.1) is 24.7 Å². The molecule has 122 valence electrons. The van der Waals surface area contributed by atoms with E-state index >= 15 is 0 Å². The van der Waals surface area contributed by atoms with Crippen molar-refractivity contribution >= 4 is 51.5 Å². The molecule has 0 N–H and O–H groups in total. The summed E-state index contributed by atoms with van der Waals surface area (Å²) in [5.74, 6) is 0.462. The van der Waals surface area contributed by atoms with Crippen LogP contribution in [0.15, 0.2) is 29.2 Å². The van der Waals surface area contributed by atoms with Crippen LogP contribution in [0.5, 0.6) is 11.5 Å². The number of nitrogens with zero attached hydrogens (tertiary/aromatic N) is 2. The van der Waals surface area contributed by atoms with Gasteiger partial charge in [-0.05, 0) is 36.4 Å². The molecule has 0 saturated carbocycles. The number of nitro benzene ring substituents is 1. The smallest absolute Gasteiger partial charge is 0.272 e. The Bertz CT molecular complexity index is 813. The van der Waals surface area contributed by atoms with Crippen LogP contribution < -0.4 is 10.3 Å². The molecule has 1 aromatic carbocycles. The highest BCUT2D eigenvalue weighted by atomic mass is 127. The Morgan fingerprint density at radius 2 is 1.83 bits per heavy atom. The Hall–Kier alpha value is -1.32. The molecule has 0 spiro atoms. The summed E-state index contributed by atoms with van der Waals surface area (Å²) in [4.78, 5) is 22.2. The normalized spacial score (nSPS) is 10.9. The standard InChI is InChI=1S/C14H11Cl2IN2O4/c1-7(2)18-6-9(5-12(17)14(18)20)23-13-10(15)3-8(19(21)22)4-11(13)16/h3-7H,1-2H3. The quantitative estimate of drug-likeness (QED) is 0.358. The van der Waals surface area contributed by atoms with Gasteiger partial charge in [-0.2, -0.15) is 0 Å². The lowest BCUT2D eigenvalue weighted by Crippen LogP contribution is -2.23. The number of aromatic nitrogens is 1. The van der Waals surface area contributed by atoms with Gasteiger partial charge >= 0.3 is 0 Å². The minimum atomic E-state index is -0.594. The van der Waals surface area contributed by atoms with Crippen molar-refractivity contribution in [1.82, 2.24) is 4.57 Å². The molecule has 23 heavy (non-hydrogen) atoms. The molecule has 0 fully saturated rings. The molecule has 0 radical (unpaired) electrons. The summed E-state index contributed by atoms with van der Waals surface area (Å²) >= 11 is 13.9. The van der Waals surface area contributed by atoms with Crippen LogP contribution >= 0.6 is 45.8 Å². The second kappa shape index (κ2) is 7.06. The molecule has 2 rings (SSSR count). The fourth-order valence-electron chi connectivity index (χ4n) is 1.85. The van der Waals surface area contributed by atoms with E-state index in [0.717, 1.165) is 12.1 Å². The zero-order chi connectivity index (χ0) is 17.3. The zero-order valence-corrected chi connectivity index (χ0v) is 15.7. The number of hydrogen-bond donors (Lipinski definition) is 0. The summed E-state index contributed by atoms with van der Waals surface area (Å²) in [7, 11) is 0. The summed E-state index contributed by atoms with van der Waals surface area (Å²) in [5.41, 5.74) is -0.358. The molecule has 2 aromatic rings. The molecule has 0 unspecified atom stereocenters. The van der Waals surface area contributed by atoms with E-state index in [-0.39, 0.29) is 33.1 Å². The summed E-state index contributed by atoms with van der Waals surface area (Å²) in [6.07, 6.45) is 1.54. The lowest BCUT2D eigenvalue weighted by atomic mass is 10.3. The number of hydrogen-bond acceptors (Lipinski definition) is 4. The van der Waals surface area contributed by atoms with Crippen molar-refractivity contribution in [3.8, 4) is 11.5 Å². The van der Waals surface area contributed by atoms with Crippen LogP contribution in [-0.4, -0.2) is 9.49 Å². The third-order valence-electron chi connectivity index (χ3n) is 2.94. The molecule has 9 heteroatoms. The molecular weight excluding hydrogens is 458 g/mol. The van der Waals surface area contributed by atoms with E-state index < -0.39 is 4.92 Å². The van der Waals surface area contributed by atoms with Gasteiger partial charge in [0.15, 0.2) is 5.75 Å². The summed E-state index contributed by atoms with van der Waals surface area (Å²) in [5, 5.41) is 10.8. The lowest BCUT2D eigenvalue weighted by Gasteiger charge is -2.14. The number of nitro groups is 1. The van der Waals surface area contributed by atoms with Gasteiger partial charge in [-0.15, -0.1) is 0 Å². The maximum atomic E-state index is 12.0. The van der Waals surface area contributed by atoms with Crippen molar-refractivity contribution in [3.05, 3.63) is 58.5 Å². The fourth-order valence-corrected chi connectivity index (χ4v) is 2.99. The highest BCUT2D eigenvalue weighted by Crippen LogP contribution is 2.39. The van der Waals surface area contributed by atoms with Crippen LogP contribution in [-0.2, 0) is 0 Å². The number of pyridine rings is 1. The van der Waals surface area contributed by atoms with E-state index in [1.165, 1.54) is 4.57 Å².